The third kappa shape index (κ3) is 5.83. The number of benzene rings is 2. The second-order valence-corrected chi connectivity index (χ2v) is 8.24. The van der Waals surface area contributed by atoms with Crippen molar-refractivity contribution in [3.05, 3.63) is 83.0 Å². The van der Waals surface area contributed by atoms with E-state index in [2.05, 4.69) is 22.0 Å². The lowest BCUT2D eigenvalue weighted by atomic mass is 10.1. The topological polar surface area (TPSA) is 49.3 Å². The summed E-state index contributed by atoms with van der Waals surface area (Å²) in [6.45, 7) is 5.44. The van der Waals surface area contributed by atoms with Crippen LogP contribution in [0.2, 0.25) is 0 Å². The van der Waals surface area contributed by atoms with Crippen LogP contribution in [0.1, 0.15) is 34.1 Å². The second-order valence-electron chi connectivity index (χ2n) is 7.30. The van der Waals surface area contributed by atoms with Gasteiger partial charge in [0.25, 0.3) is 5.91 Å². The molecule has 3 aromatic rings. The Balaban J connectivity index is 1.70. The minimum Gasteiger partial charge on any atom is -0.355 e. The third-order valence-corrected chi connectivity index (χ3v) is 5.76. The van der Waals surface area contributed by atoms with Crippen LogP contribution >= 0.6 is 11.8 Å². The molecule has 5 nitrogen and oxygen atoms in total. The predicted molar refractivity (Wildman–Crippen MR) is 124 cm³/mol. The second kappa shape index (κ2) is 10.3. The first-order valence-electron chi connectivity index (χ1n) is 10.0. The highest BCUT2D eigenvalue weighted by molar-refractivity contribution is 7.98. The number of nitrogens with zero attached hydrogens (tertiary/aromatic N) is 4. The molecular formula is C24H28N4OS. The van der Waals surface area contributed by atoms with E-state index in [-0.39, 0.29) is 5.91 Å². The van der Waals surface area contributed by atoms with Crippen LogP contribution in [0, 0.1) is 6.92 Å². The lowest BCUT2D eigenvalue weighted by Crippen LogP contribution is -2.26. The Kier molecular flexibility index (Phi) is 7.46. The van der Waals surface area contributed by atoms with Gasteiger partial charge in [0.15, 0.2) is 5.16 Å². The van der Waals surface area contributed by atoms with E-state index < -0.39 is 0 Å². The van der Waals surface area contributed by atoms with Crippen LogP contribution in [0.25, 0.3) is 0 Å². The van der Waals surface area contributed by atoms with E-state index >= 15 is 0 Å². The molecule has 1 amide bonds. The molecule has 0 N–H and O–H groups in total. The lowest BCUT2D eigenvalue weighted by molar-refractivity contribution is 0.0802. The molecule has 30 heavy (non-hydrogen) atoms. The number of rotatable bonds is 8. The van der Waals surface area contributed by atoms with Gasteiger partial charge in [-0.2, -0.15) is 0 Å². The summed E-state index contributed by atoms with van der Waals surface area (Å²) in [7, 11) is 3.86. The molecule has 0 unspecified atom stereocenters. The van der Waals surface area contributed by atoms with E-state index in [1.54, 1.807) is 16.7 Å². The average Bonchev–Trinajstić information content (AvgIpc) is 2.77. The maximum absolute atomic E-state index is 12.4. The van der Waals surface area contributed by atoms with Crippen molar-refractivity contribution < 1.29 is 4.79 Å². The number of thioether (sulfide) groups is 1. The summed E-state index contributed by atoms with van der Waals surface area (Å²) in [4.78, 5) is 25.6. The summed E-state index contributed by atoms with van der Waals surface area (Å²) in [6.07, 6.45) is 0. The van der Waals surface area contributed by atoms with Crippen LogP contribution in [0.15, 0.2) is 65.8 Å². The smallest absolute Gasteiger partial charge is 0.253 e. The van der Waals surface area contributed by atoms with Crippen LogP contribution in [-0.2, 0) is 12.3 Å². The van der Waals surface area contributed by atoms with Gasteiger partial charge in [-0.3, -0.25) is 4.79 Å². The van der Waals surface area contributed by atoms with Gasteiger partial charge >= 0.3 is 0 Å². The summed E-state index contributed by atoms with van der Waals surface area (Å²) in [5.41, 5.74) is 3.98. The molecule has 0 spiro atoms. The fraction of sp³-hybridized carbons (Fsp3) is 0.292. The van der Waals surface area contributed by atoms with Crippen LogP contribution in [0.3, 0.4) is 0 Å². The Morgan fingerprint density at radius 2 is 1.70 bits per heavy atom. The lowest BCUT2D eigenvalue weighted by Gasteiger charge is -2.19. The molecule has 1 heterocycles. The van der Waals surface area contributed by atoms with Crippen molar-refractivity contribution in [3.8, 4) is 0 Å². The van der Waals surface area contributed by atoms with Gasteiger partial charge < -0.3 is 9.80 Å². The molecule has 1 aromatic heterocycles. The highest BCUT2D eigenvalue weighted by Crippen LogP contribution is 2.23. The molecule has 0 fully saturated rings. The zero-order chi connectivity index (χ0) is 21.5. The van der Waals surface area contributed by atoms with Gasteiger partial charge in [-0.15, -0.1) is 0 Å². The van der Waals surface area contributed by atoms with Crippen molar-refractivity contribution in [3.63, 3.8) is 0 Å². The third-order valence-electron chi connectivity index (χ3n) is 4.84. The van der Waals surface area contributed by atoms with Crippen LogP contribution in [0.5, 0.6) is 0 Å². The Morgan fingerprint density at radius 3 is 2.43 bits per heavy atom. The number of anilines is 1. The fourth-order valence-corrected chi connectivity index (χ4v) is 3.87. The summed E-state index contributed by atoms with van der Waals surface area (Å²) in [6, 6.07) is 20.1. The van der Waals surface area contributed by atoms with Crippen LogP contribution < -0.4 is 4.90 Å². The number of carbonyl (C=O) groups excluding carboxylic acids is 1. The SMILES string of the molecule is CCN(C)C(=O)c1cccc(CSc2nc(C)cc(N(C)Cc3ccccc3)n2)c1. The van der Waals surface area contributed by atoms with Crippen molar-refractivity contribution in [1.29, 1.82) is 0 Å². The van der Waals surface area contributed by atoms with Gasteiger partial charge in [0.2, 0.25) is 0 Å². The fourth-order valence-electron chi connectivity index (χ4n) is 3.03. The van der Waals surface area contributed by atoms with E-state index in [0.29, 0.717) is 17.9 Å². The zero-order valence-electron chi connectivity index (χ0n) is 18.0. The number of aryl methyl sites for hydroxylation is 1. The Hall–Kier alpha value is -2.86. The van der Waals surface area contributed by atoms with Gasteiger partial charge in [0.1, 0.15) is 5.82 Å². The van der Waals surface area contributed by atoms with Crippen molar-refractivity contribution >= 4 is 23.5 Å². The Labute approximate surface area is 183 Å². The van der Waals surface area contributed by atoms with Crippen LogP contribution in [-0.4, -0.2) is 41.4 Å². The number of aromatic nitrogens is 2. The Bertz CT molecular complexity index is 994. The molecule has 156 valence electrons. The van der Waals surface area contributed by atoms with Crippen molar-refractivity contribution in [2.45, 2.75) is 31.3 Å². The standard InChI is InChI=1S/C24H28N4OS/c1-5-27(3)23(29)21-13-9-12-20(15-21)17-30-24-25-18(2)14-22(26-24)28(4)16-19-10-7-6-8-11-19/h6-15H,5,16-17H2,1-4H3. The van der Waals surface area contributed by atoms with Gasteiger partial charge in [0, 0.05) is 50.3 Å². The van der Waals surface area contributed by atoms with Gasteiger partial charge in [-0.05, 0) is 37.1 Å². The molecule has 0 aliphatic heterocycles. The van der Waals surface area contributed by atoms with Crippen molar-refractivity contribution in [2.24, 2.45) is 0 Å². The van der Waals surface area contributed by atoms with E-state index in [1.807, 2.05) is 76.5 Å². The minimum atomic E-state index is 0.0426. The normalized spacial score (nSPS) is 10.7. The minimum absolute atomic E-state index is 0.0426. The molecular weight excluding hydrogens is 392 g/mol. The van der Waals surface area contributed by atoms with E-state index in [4.69, 9.17) is 4.98 Å². The Morgan fingerprint density at radius 1 is 0.967 bits per heavy atom. The summed E-state index contributed by atoms with van der Waals surface area (Å²) in [5, 5.41) is 0.743. The average molecular weight is 421 g/mol. The quantitative estimate of drug-likeness (QED) is 0.387. The van der Waals surface area contributed by atoms with Crippen molar-refractivity contribution in [2.75, 3.05) is 25.5 Å². The van der Waals surface area contributed by atoms with Gasteiger partial charge in [-0.1, -0.05) is 54.2 Å². The molecule has 6 heteroatoms. The molecule has 0 atom stereocenters. The van der Waals surface area contributed by atoms with Gasteiger partial charge in [0.05, 0.1) is 0 Å². The summed E-state index contributed by atoms with van der Waals surface area (Å²) < 4.78 is 0. The number of carbonyl (C=O) groups is 1. The monoisotopic (exact) mass is 420 g/mol. The van der Waals surface area contributed by atoms with E-state index in [0.717, 1.165) is 28.8 Å². The highest BCUT2D eigenvalue weighted by Gasteiger charge is 2.12. The molecule has 0 bridgehead atoms. The maximum Gasteiger partial charge on any atom is 0.253 e. The highest BCUT2D eigenvalue weighted by atomic mass is 32.2. The first kappa shape index (κ1) is 21.8. The molecule has 0 saturated heterocycles. The summed E-state index contributed by atoms with van der Waals surface area (Å²) >= 11 is 1.59. The zero-order valence-corrected chi connectivity index (χ0v) is 18.8. The van der Waals surface area contributed by atoms with E-state index in [1.165, 1.54) is 5.56 Å². The first-order valence-corrected chi connectivity index (χ1v) is 11.0. The summed E-state index contributed by atoms with van der Waals surface area (Å²) in [5.74, 6) is 1.66. The molecule has 0 aliphatic rings. The molecule has 2 aromatic carbocycles. The number of hydrogen-bond acceptors (Lipinski definition) is 5. The van der Waals surface area contributed by atoms with Crippen molar-refractivity contribution in [1.82, 2.24) is 14.9 Å². The van der Waals surface area contributed by atoms with E-state index in [9.17, 15) is 4.79 Å². The number of hydrogen-bond donors (Lipinski definition) is 0. The molecule has 0 radical (unpaired) electrons. The largest absolute Gasteiger partial charge is 0.355 e. The molecule has 0 saturated carbocycles. The van der Waals surface area contributed by atoms with Crippen LogP contribution in [0.4, 0.5) is 5.82 Å². The number of amides is 1. The maximum atomic E-state index is 12.4. The first-order chi connectivity index (χ1) is 14.5. The molecule has 0 aliphatic carbocycles. The van der Waals surface area contributed by atoms with Gasteiger partial charge in [-0.25, -0.2) is 9.97 Å². The molecule has 3 rings (SSSR count). The predicted octanol–water partition coefficient (Wildman–Crippen LogP) is 4.81.